The summed E-state index contributed by atoms with van der Waals surface area (Å²) >= 11 is 0. The van der Waals surface area contributed by atoms with Gasteiger partial charge in [-0.3, -0.25) is 0 Å². The first kappa shape index (κ1) is 10.1. The van der Waals surface area contributed by atoms with Gasteiger partial charge in [-0.2, -0.15) is 0 Å². The fraction of sp³-hybridized carbons (Fsp3) is 0.500. The Morgan fingerprint density at radius 2 is 2.00 bits per heavy atom. The molecule has 0 saturated carbocycles. The van der Waals surface area contributed by atoms with Gasteiger partial charge >= 0.3 is 0 Å². The molecule has 1 aromatic carbocycles. The molecule has 0 bridgehead atoms. The van der Waals surface area contributed by atoms with Crippen LogP contribution in [0.1, 0.15) is 31.4 Å². The van der Waals surface area contributed by atoms with Crippen LogP contribution in [0.5, 0.6) is 5.75 Å². The Balaban J connectivity index is 2.71. The summed E-state index contributed by atoms with van der Waals surface area (Å²) in [6.45, 7) is 6.42. The van der Waals surface area contributed by atoms with Crippen molar-refractivity contribution in [3.8, 4) is 5.75 Å². The Labute approximate surface area is 80.4 Å². The average molecular weight is 178 g/mol. The fourth-order valence-corrected chi connectivity index (χ4v) is 1.38. The summed E-state index contributed by atoms with van der Waals surface area (Å²) < 4.78 is 0. The normalized spacial score (nSPS) is 10.8. The van der Waals surface area contributed by atoms with Crippen molar-refractivity contribution in [3.63, 3.8) is 0 Å². The average Bonchev–Trinajstić information content (AvgIpc) is 2.07. The minimum absolute atomic E-state index is 0.418. The van der Waals surface area contributed by atoms with E-state index >= 15 is 0 Å². The summed E-state index contributed by atoms with van der Waals surface area (Å²) in [5.74, 6) is 1.14. The van der Waals surface area contributed by atoms with E-state index in [0.717, 1.165) is 17.9 Å². The largest absolute Gasteiger partial charge is 0.508 e. The highest BCUT2D eigenvalue weighted by Crippen LogP contribution is 2.21. The second kappa shape index (κ2) is 4.31. The van der Waals surface area contributed by atoms with Crippen LogP contribution < -0.4 is 0 Å². The van der Waals surface area contributed by atoms with E-state index in [1.54, 1.807) is 6.07 Å². The molecule has 0 radical (unpaired) electrons. The van der Waals surface area contributed by atoms with Gasteiger partial charge in [-0.1, -0.05) is 26.0 Å². The van der Waals surface area contributed by atoms with Crippen LogP contribution in [0, 0.1) is 12.8 Å². The van der Waals surface area contributed by atoms with Gasteiger partial charge in [-0.15, -0.1) is 0 Å². The zero-order valence-corrected chi connectivity index (χ0v) is 8.67. The van der Waals surface area contributed by atoms with E-state index in [4.69, 9.17) is 0 Å². The number of phenols is 1. The molecular weight excluding hydrogens is 160 g/mol. The van der Waals surface area contributed by atoms with E-state index in [9.17, 15) is 5.11 Å². The maximum absolute atomic E-state index is 9.47. The highest BCUT2D eigenvalue weighted by Gasteiger charge is 2.03. The number of hydrogen-bond acceptors (Lipinski definition) is 1. The molecule has 0 unspecified atom stereocenters. The van der Waals surface area contributed by atoms with Gasteiger partial charge < -0.3 is 5.11 Å². The zero-order chi connectivity index (χ0) is 9.84. The lowest BCUT2D eigenvalue weighted by Crippen LogP contribution is -1.94. The minimum atomic E-state index is 0.418. The first-order valence-corrected chi connectivity index (χ1v) is 4.88. The van der Waals surface area contributed by atoms with Crippen molar-refractivity contribution in [1.82, 2.24) is 0 Å². The SMILES string of the molecule is Cc1c(O)cccc1CCC(C)C. The van der Waals surface area contributed by atoms with Crippen LogP contribution in [0.4, 0.5) is 0 Å². The van der Waals surface area contributed by atoms with E-state index in [-0.39, 0.29) is 0 Å². The Morgan fingerprint density at radius 3 is 2.62 bits per heavy atom. The van der Waals surface area contributed by atoms with E-state index in [0.29, 0.717) is 5.75 Å². The standard InChI is InChI=1S/C12H18O/c1-9(2)7-8-11-5-4-6-12(13)10(11)3/h4-6,9,13H,7-8H2,1-3H3. The highest BCUT2D eigenvalue weighted by molar-refractivity contribution is 5.37. The van der Waals surface area contributed by atoms with Crippen molar-refractivity contribution in [3.05, 3.63) is 29.3 Å². The molecule has 72 valence electrons. The van der Waals surface area contributed by atoms with Gasteiger partial charge in [0.2, 0.25) is 0 Å². The number of hydrogen-bond donors (Lipinski definition) is 1. The Bertz CT molecular complexity index is 276. The van der Waals surface area contributed by atoms with Gasteiger partial charge in [0, 0.05) is 0 Å². The molecule has 0 amide bonds. The molecule has 1 N–H and O–H groups in total. The lowest BCUT2D eigenvalue weighted by molar-refractivity contribution is 0.469. The molecule has 0 fully saturated rings. The fourth-order valence-electron chi connectivity index (χ4n) is 1.38. The van der Waals surface area contributed by atoms with E-state index in [2.05, 4.69) is 19.9 Å². The van der Waals surface area contributed by atoms with Crippen LogP contribution >= 0.6 is 0 Å². The van der Waals surface area contributed by atoms with Gasteiger partial charge in [-0.05, 0) is 42.9 Å². The van der Waals surface area contributed by atoms with E-state index in [1.165, 1.54) is 12.0 Å². The first-order chi connectivity index (χ1) is 6.11. The predicted molar refractivity (Wildman–Crippen MR) is 56.0 cm³/mol. The molecule has 1 aromatic rings. The third-order valence-corrected chi connectivity index (χ3v) is 2.41. The zero-order valence-electron chi connectivity index (χ0n) is 8.67. The molecule has 0 aliphatic heterocycles. The monoisotopic (exact) mass is 178 g/mol. The van der Waals surface area contributed by atoms with Gasteiger partial charge in [0.15, 0.2) is 0 Å². The molecule has 1 nitrogen and oxygen atoms in total. The lowest BCUT2D eigenvalue weighted by atomic mass is 9.99. The van der Waals surface area contributed by atoms with Gasteiger partial charge in [0.1, 0.15) is 5.75 Å². The summed E-state index contributed by atoms with van der Waals surface area (Å²) in [5.41, 5.74) is 2.30. The molecule has 0 aromatic heterocycles. The van der Waals surface area contributed by atoms with E-state index < -0.39 is 0 Å². The van der Waals surface area contributed by atoms with Gasteiger partial charge in [0.25, 0.3) is 0 Å². The summed E-state index contributed by atoms with van der Waals surface area (Å²) in [6.07, 6.45) is 2.25. The minimum Gasteiger partial charge on any atom is -0.508 e. The molecule has 0 heterocycles. The van der Waals surface area contributed by atoms with E-state index in [1.807, 2.05) is 13.0 Å². The lowest BCUT2D eigenvalue weighted by Gasteiger charge is -2.08. The summed E-state index contributed by atoms with van der Waals surface area (Å²) in [6, 6.07) is 5.75. The number of rotatable bonds is 3. The van der Waals surface area contributed by atoms with Crippen molar-refractivity contribution >= 4 is 0 Å². The van der Waals surface area contributed by atoms with Crippen molar-refractivity contribution in [1.29, 1.82) is 0 Å². The van der Waals surface area contributed by atoms with Crippen LogP contribution in [0.3, 0.4) is 0 Å². The second-order valence-electron chi connectivity index (χ2n) is 3.99. The topological polar surface area (TPSA) is 20.2 Å². The molecule has 13 heavy (non-hydrogen) atoms. The number of aromatic hydroxyl groups is 1. The van der Waals surface area contributed by atoms with Crippen LogP contribution in [-0.4, -0.2) is 5.11 Å². The van der Waals surface area contributed by atoms with Crippen molar-refractivity contribution in [2.24, 2.45) is 5.92 Å². The Morgan fingerprint density at radius 1 is 1.31 bits per heavy atom. The second-order valence-corrected chi connectivity index (χ2v) is 3.99. The molecule has 0 aliphatic rings. The van der Waals surface area contributed by atoms with Crippen LogP contribution in [0.25, 0.3) is 0 Å². The molecule has 1 rings (SSSR count). The maximum atomic E-state index is 9.47. The van der Waals surface area contributed by atoms with Gasteiger partial charge in [0.05, 0.1) is 0 Å². The summed E-state index contributed by atoms with van der Waals surface area (Å²) in [7, 11) is 0. The number of benzene rings is 1. The number of aryl methyl sites for hydroxylation is 1. The van der Waals surface area contributed by atoms with Crippen molar-refractivity contribution in [2.75, 3.05) is 0 Å². The van der Waals surface area contributed by atoms with Gasteiger partial charge in [-0.25, -0.2) is 0 Å². The quantitative estimate of drug-likeness (QED) is 0.753. The maximum Gasteiger partial charge on any atom is 0.118 e. The van der Waals surface area contributed by atoms with Crippen molar-refractivity contribution in [2.45, 2.75) is 33.6 Å². The third kappa shape index (κ3) is 2.76. The molecule has 0 aliphatic carbocycles. The Hall–Kier alpha value is -0.980. The first-order valence-electron chi connectivity index (χ1n) is 4.88. The molecule has 1 heteroatoms. The Kier molecular flexibility index (Phi) is 3.35. The highest BCUT2D eigenvalue weighted by atomic mass is 16.3. The smallest absolute Gasteiger partial charge is 0.118 e. The predicted octanol–water partition coefficient (Wildman–Crippen LogP) is 3.29. The molecule has 0 atom stereocenters. The molecule has 0 spiro atoms. The van der Waals surface area contributed by atoms with Crippen molar-refractivity contribution < 1.29 is 5.11 Å². The number of phenolic OH excluding ortho intramolecular Hbond substituents is 1. The third-order valence-electron chi connectivity index (χ3n) is 2.41. The molecule has 0 saturated heterocycles. The summed E-state index contributed by atoms with van der Waals surface area (Å²) in [5, 5.41) is 9.47. The van der Waals surface area contributed by atoms with Crippen LogP contribution in [0.2, 0.25) is 0 Å². The van der Waals surface area contributed by atoms with Crippen LogP contribution in [0.15, 0.2) is 18.2 Å². The molecular formula is C12H18O. The van der Waals surface area contributed by atoms with Crippen LogP contribution in [-0.2, 0) is 6.42 Å². The summed E-state index contributed by atoms with van der Waals surface area (Å²) in [4.78, 5) is 0.